The van der Waals surface area contributed by atoms with Gasteiger partial charge in [-0.25, -0.2) is 0 Å². The summed E-state index contributed by atoms with van der Waals surface area (Å²) in [5, 5.41) is 12.9. The maximum absolute atomic E-state index is 5.50. The highest BCUT2D eigenvalue weighted by atomic mass is 32.1. The van der Waals surface area contributed by atoms with Crippen molar-refractivity contribution in [2.24, 2.45) is 5.92 Å². The van der Waals surface area contributed by atoms with Crippen molar-refractivity contribution >= 4 is 39.2 Å². The number of hydrogen-bond donors (Lipinski definition) is 2. The topological polar surface area (TPSA) is 93.0 Å². The molecule has 2 saturated heterocycles. The average Bonchev–Trinajstić information content (AvgIpc) is 3.50. The second-order valence-corrected chi connectivity index (χ2v) is 12.5. The van der Waals surface area contributed by atoms with Gasteiger partial charge in [0.2, 0.25) is 5.95 Å². The summed E-state index contributed by atoms with van der Waals surface area (Å²) in [7, 11) is 0. The minimum absolute atomic E-state index is 0.390. The molecule has 3 aromatic rings. The van der Waals surface area contributed by atoms with Gasteiger partial charge >= 0.3 is 0 Å². The first-order valence-electron chi connectivity index (χ1n) is 15.2. The van der Waals surface area contributed by atoms with Crippen molar-refractivity contribution in [3.05, 3.63) is 18.1 Å². The van der Waals surface area contributed by atoms with Gasteiger partial charge in [-0.05, 0) is 95.3 Å². The highest BCUT2D eigenvalue weighted by Crippen LogP contribution is 2.33. The average molecular weight is 553 g/mol. The van der Waals surface area contributed by atoms with Gasteiger partial charge in [0.1, 0.15) is 5.82 Å². The molecule has 9 nitrogen and oxygen atoms in total. The Morgan fingerprint density at radius 3 is 2.67 bits per heavy atom. The lowest BCUT2D eigenvalue weighted by Gasteiger charge is -2.37. The molecule has 2 N–H and O–H groups in total. The van der Waals surface area contributed by atoms with Crippen molar-refractivity contribution < 1.29 is 4.74 Å². The molecule has 2 aliphatic heterocycles. The van der Waals surface area contributed by atoms with E-state index < -0.39 is 0 Å². The molecule has 0 amide bonds. The summed E-state index contributed by atoms with van der Waals surface area (Å²) in [4.78, 5) is 13.5. The van der Waals surface area contributed by atoms with Crippen LogP contribution in [0.3, 0.4) is 0 Å². The fraction of sp³-hybridized carbons (Fsp3) is 0.724. The van der Waals surface area contributed by atoms with Crippen LogP contribution in [0.4, 0.5) is 17.5 Å². The van der Waals surface area contributed by atoms with Crippen LogP contribution in [0, 0.1) is 12.8 Å². The standard InChI is InChI=1S/C29H44N8OS/c1-3-5-21-6-4-14-36(15-11-21)24-9-7-22(8-10-24)31-27-26-20(2)35-39-28(26)34-29(33-27)32-23-18-30-37(19-23)25-12-16-38-17-13-25/h18-19,21-22,24-25H,3-17H2,1-2H3,(H2,31,32,33,34). The third kappa shape index (κ3) is 6.38. The van der Waals surface area contributed by atoms with Crippen LogP contribution in [0.1, 0.15) is 89.3 Å². The van der Waals surface area contributed by atoms with E-state index in [2.05, 4.69) is 45.1 Å². The molecule has 3 aromatic heterocycles. The van der Waals surface area contributed by atoms with Gasteiger partial charge in [0, 0.05) is 31.5 Å². The van der Waals surface area contributed by atoms with Gasteiger partial charge in [-0.3, -0.25) is 4.68 Å². The molecule has 0 radical (unpaired) electrons. The number of likely N-dealkylation sites (tertiary alicyclic amines) is 1. The number of fused-ring (bicyclic) bond motifs is 1. The van der Waals surface area contributed by atoms with Crippen LogP contribution in [0.25, 0.3) is 10.2 Å². The molecule has 1 atom stereocenters. The molecule has 1 saturated carbocycles. The zero-order chi connectivity index (χ0) is 26.6. The third-order valence-corrected chi connectivity index (χ3v) is 9.90. The molecule has 0 aromatic carbocycles. The van der Waals surface area contributed by atoms with E-state index in [1.54, 1.807) is 0 Å². The summed E-state index contributed by atoms with van der Waals surface area (Å²) < 4.78 is 12.2. The second-order valence-electron chi connectivity index (χ2n) is 11.8. The van der Waals surface area contributed by atoms with Gasteiger partial charge in [0.05, 0.1) is 29.0 Å². The first kappa shape index (κ1) is 26.9. The van der Waals surface area contributed by atoms with E-state index in [0.29, 0.717) is 18.0 Å². The number of aromatic nitrogens is 5. The zero-order valence-corrected chi connectivity index (χ0v) is 24.4. The van der Waals surface area contributed by atoms with E-state index in [9.17, 15) is 0 Å². The Labute approximate surface area is 236 Å². The summed E-state index contributed by atoms with van der Waals surface area (Å²) in [6.07, 6.45) is 17.7. The van der Waals surface area contributed by atoms with Crippen molar-refractivity contribution in [1.82, 2.24) is 29.0 Å². The number of ether oxygens (including phenoxy) is 1. The highest BCUT2D eigenvalue weighted by Gasteiger charge is 2.28. The molecule has 1 unspecified atom stereocenters. The van der Waals surface area contributed by atoms with Gasteiger partial charge in [-0.15, -0.1) is 0 Å². The molecule has 6 rings (SSSR count). The fourth-order valence-electron chi connectivity index (χ4n) is 6.86. The Morgan fingerprint density at radius 2 is 1.85 bits per heavy atom. The summed E-state index contributed by atoms with van der Waals surface area (Å²) >= 11 is 1.44. The lowest BCUT2D eigenvalue weighted by molar-refractivity contribution is 0.0662. The number of nitrogens with zero attached hydrogens (tertiary/aromatic N) is 6. The Morgan fingerprint density at radius 1 is 1.00 bits per heavy atom. The van der Waals surface area contributed by atoms with Crippen molar-refractivity contribution in [2.75, 3.05) is 36.9 Å². The lowest BCUT2D eigenvalue weighted by Crippen LogP contribution is -2.41. The Bertz CT molecular complexity index is 1210. The van der Waals surface area contributed by atoms with Gasteiger partial charge in [-0.2, -0.15) is 19.4 Å². The maximum atomic E-state index is 5.50. The molecule has 5 heterocycles. The molecule has 3 aliphatic rings. The predicted octanol–water partition coefficient (Wildman–Crippen LogP) is 6.31. The maximum Gasteiger partial charge on any atom is 0.230 e. The number of hydrogen-bond acceptors (Lipinski definition) is 9. The zero-order valence-electron chi connectivity index (χ0n) is 23.6. The first-order valence-corrected chi connectivity index (χ1v) is 16.0. The van der Waals surface area contributed by atoms with E-state index in [1.165, 1.54) is 82.4 Å². The Hall–Kier alpha value is -2.30. The van der Waals surface area contributed by atoms with E-state index in [-0.39, 0.29) is 0 Å². The Balaban J connectivity index is 1.10. The number of rotatable bonds is 8. The second kappa shape index (κ2) is 12.5. The van der Waals surface area contributed by atoms with Crippen LogP contribution in [0.2, 0.25) is 0 Å². The summed E-state index contributed by atoms with van der Waals surface area (Å²) in [6.45, 7) is 8.56. The van der Waals surface area contributed by atoms with Gasteiger partial charge in [0.15, 0.2) is 4.83 Å². The minimum atomic E-state index is 0.390. The molecule has 39 heavy (non-hydrogen) atoms. The monoisotopic (exact) mass is 552 g/mol. The van der Waals surface area contributed by atoms with Crippen LogP contribution in [0.5, 0.6) is 0 Å². The van der Waals surface area contributed by atoms with Crippen LogP contribution in [0.15, 0.2) is 12.4 Å². The minimum Gasteiger partial charge on any atom is -0.381 e. The molecular weight excluding hydrogens is 508 g/mol. The molecule has 10 heteroatoms. The first-order chi connectivity index (χ1) is 19.2. The fourth-order valence-corrected chi connectivity index (χ4v) is 7.64. The largest absolute Gasteiger partial charge is 0.381 e. The molecule has 3 fully saturated rings. The number of aryl methyl sites for hydroxylation is 1. The van der Waals surface area contributed by atoms with Crippen molar-refractivity contribution in [3.8, 4) is 0 Å². The van der Waals surface area contributed by atoms with Crippen LogP contribution >= 0.6 is 11.5 Å². The van der Waals surface area contributed by atoms with E-state index in [1.807, 2.05) is 10.9 Å². The van der Waals surface area contributed by atoms with E-state index in [0.717, 1.165) is 65.4 Å². The van der Waals surface area contributed by atoms with Crippen molar-refractivity contribution in [3.63, 3.8) is 0 Å². The van der Waals surface area contributed by atoms with Gasteiger partial charge in [0.25, 0.3) is 0 Å². The molecular formula is C29H44N8OS. The highest BCUT2D eigenvalue weighted by molar-refractivity contribution is 7.13. The Kier molecular flexibility index (Phi) is 8.60. The van der Waals surface area contributed by atoms with Crippen LogP contribution in [-0.2, 0) is 4.74 Å². The molecule has 212 valence electrons. The van der Waals surface area contributed by atoms with Crippen LogP contribution in [-0.4, -0.2) is 67.4 Å². The molecule has 1 aliphatic carbocycles. The predicted molar refractivity (Wildman–Crippen MR) is 158 cm³/mol. The van der Waals surface area contributed by atoms with Crippen molar-refractivity contribution in [2.45, 2.75) is 103 Å². The normalized spacial score (nSPS) is 25.5. The smallest absolute Gasteiger partial charge is 0.230 e. The third-order valence-electron chi connectivity index (χ3n) is 9.06. The quantitative estimate of drug-likeness (QED) is 0.336. The van der Waals surface area contributed by atoms with Gasteiger partial charge < -0.3 is 20.3 Å². The summed E-state index contributed by atoms with van der Waals surface area (Å²) in [5.74, 6) is 2.45. The molecule has 0 spiro atoms. The number of nitrogens with one attached hydrogen (secondary N) is 2. The lowest BCUT2D eigenvalue weighted by atomic mass is 9.90. The van der Waals surface area contributed by atoms with Crippen LogP contribution < -0.4 is 10.6 Å². The van der Waals surface area contributed by atoms with E-state index >= 15 is 0 Å². The molecule has 0 bridgehead atoms. The van der Waals surface area contributed by atoms with E-state index in [4.69, 9.17) is 14.7 Å². The summed E-state index contributed by atoms with van der Waals surface area (Å²) in [6, 6.07) is 1.56. The SMILES string of the molecule is CCCC1CCCN(C2CCC(Nc3nc(Nc4cnn(C5CCOCC5)c4)nc4snc(C)c34)CC2)CC1. The van der Waals surface area contributed by atoms with Gasteiger partial charge in [-0.1, -0.05) is 19.8 Å². The summed E-state index contributed by atoms with van der Waals surface area (Å²) in [5.41, 5.74) is 1.91. The number of anilines is 3. The van der Waals surface area contributed by atoms with Crippen molar-refractivity contribution in [1.29, 1.82) is 0 Å².